The van der Waals surface area contributed by atoms with Gasteiger partial charge in [0.2, 0.25) is 0 Å². The SMILES string of the molecule is CC(C=CC=C(C)C=Cc1ccc(O)c(O)c1)=CC=CC=C(C)C=CC=C(C)C=Cc1ccc(O)c(O)c1. The van der Waals surface area contributed by atoms with Crippen molar-refractivity contribution < 1.29 is 20.4 Å². The summed E-state index contributed by atoms with van der Waals surface area (Å²) in [6, 6.07) is 9.45. The Morgan fingerprint density at radius 3 is 1.16 bits per heavy atom. The fourth-order valence-corrected chi connectivity index (χ4v) is 3.08. The summed E-state index contributed by atoms with van der Waals surface area (Å²) in [5.74, 6) is -0.513. The van der Waals surface area contributed by atoms with Gasteiger partial charge < -0.3 is 20.4 Å². The molecule has 4 nitrogen and oxygen atoms in total. The summed E-state index contributed by atoms with van der Waals surface area (Å²) in [6.07, 6.45) is 27.8. The molecule has 196 valence electrons. The van der Waals surface area contributed by atoms with Gasteiger partial charge in [0.05, 0.1) is 0 Å². The number of phenols is 4. The third-order valence-corrected chi connectivity index (χ3v) is 5.34. The number of aromatic hydroxyl groups is 4. The number of benzene rings is 2. The van der Waals surface area contributed by atoms with Gasteiger partial charge in [-0.25, -0.2) is 0 Å². The quantitative estimate of drug-likeness (QED) is 0.191. The molecule has 2 aromatic rings. The van der Waals surface area contributed by atoms with Crippen LogP contribution in [0.15, 0.2) is 132 Å². The Labute approximate surface area is 225 Å². The maximum absolute atomic E-state index is 9.56. The fourth-order valence-electron chi connectivity index (χ4n) is 3.08. The lowest BCUT2D eigenvalue weighted by atomic mass is 10.1. The van der Waals surface area contributed by atoms with Gasteiger partial charge in [-0.3, -0.25) is 0 Å². The lowest BCUT2D eigenvalue weighted by Crippen LogP contribution is -1.74. The smallest absolute Gasteiger partial charge is 0.157 e. The van der Waals surface area contributed by atoms with Crippen LogP contribution in [-0.2, 0) is 0 Å². The lowest BCUT2D eigenvalue weighted by molar-refractivity contribution is 0.403. The minimum Gasteiger partial charge on any atom is -0.504 e. The van der Waals surface area contributed by atoms with Crippen LogP contribution in [0, 0.1) is 0 Å². The van der Waals surface area contributed by atoms with E-state index in [2.05, 4.69) is 0 Å². The molecule has 0 aliphatic rings. The van der Waals surface area contributed by atoms with Crippen molar-refractivity contribution in [2.45, 2.75) is 27.7 Å². The number of hydrogen-bond acceptors (Lipinski definition) is 4. The highest BCUT2D eigenvalue weighted by Crippen LogP contribution is 2.26. The second kappa shape index (κ2) is 15.4. The van der Waals surface area contributed by atoms with Crippen molar-refractivity contribution in [1.29, 1.82) is 0 Å². The third-order valence-electron chi connectivity index (χ3n) is 5.34. The van der Waals surface area contributed by atoms with Gasteiger partial charge >= 0.3 is 0 Å². The third kappa shape index (κ3) is 11.4. The molecule has 0 spiro atoms. The van der Waals surface area contributed by atoms with E-state index in [0.717, 1.165) is 33.4 Å². The van der Waals surface area contributed by atoms with Gasteiger partial charge in [-0.15, -0.1) is 0 Å². The van der Waals surface area contributed by atoms with Gasteiger partial charge in [-0.05, 0) is 63.1 Å². The first-order valence-electron chi connectivity index (χ1n) is 12.3. The molecule has 4 heteroatoms. The van der Waals surface area contributed by atoms with Gasteiger partial charge in [0.15, 0.2) is 23.0 Å². The molecular weight excluding hydrogens is 472 g/mol. The van der Waals surface area contributed by atoms with Crippen LogP contribution >= 0.6 is 0 Å². The van der Waals surface area contributed by atoms with E-state index in [0.29, 0.717) is 0 Å². The van der Waals surface area contributed by atoms with Crippen LogP contribution in [0.4, 0.5) is 0 Å². The first kappa shape index (κ1) is 29.5. The molecule has 0 atom stereocenters. The second-order valence-corrected chi connectivity index (χ2v) is 8.91. The average molecular weight is 509 g/mol. The first-order valence-corrected chi connectivity index (χ1v) is 12.3. The van der Waals surface area contributed by atoms with Crippen molar-refractivity contribution in [3.05, 3.63) is 143 Å². The summed E-state index contributed by atoms with van der Waals surface area (Å²) in [4.78, 5) is 0. The molecule has 0 unspecified atom stereocenters. The molecule has 0 aromatic heterocycles. The Hall–Kier alpha value is -4.70. The number of phenolic OH excluding ortho intramolecular Hbond substituents is 4. The molecule has 2 rings (SSSR count). The van der Waals surface area contributed by atoms with Crippen LogP contribution in [0.3, 0.4) is 0 Å². The zero-order valence-corrected chi connectivity index (χ0v) is 22.3. The molecule has 0 heterocycles. The van der Waals surface area contributed by atoms with Gasteiger partial charge in [0.25, 0.3) is 0 Å². The second-order valence-electron chi connectivity index (χ2n) is 8.91. The van der Waals surface area contributed by atoms with Crippen LogP contribution < -0.4 is 0 Å². The maximum Gasteiger partial charge on any atom is 0.157 e. The van der Waals surface area contributed by atoms with Gasteiger partial charge in [-0.2, -0.15) is 0 Å². The highest BCUT2D eigenvalue weighted by molar-refractivity contribution is 5.58. The Balaban J connectivity index is 1.84. The maximum atomic E-state index is 9.56. The van der Waals surface area contributed by atoms with Crippen molar-refractivity contribution in [3.63, 3.8) is 0 Å². The normalized spacial score (nSPS) is 14.3. The van der Waals surface area contributed by atoms with E-state index in [9.17, 15) is 20.4 Å². The number of rotatable bonds is 10. The van der Waals surface area contributed by atoms with Gasteiger partial charge in [0.1, 0.15) is 0 Å². The zero-order chi connectivity index (χ0) is 27.9. The number of hydrogen-bond donors (Lipinski definition) is 4. The van der Waals surface area contributed by atoms with E-state index >= 15 is 0 Å². The first-order chi connectivity index (χ1) is 18.1. The summed E-state index contributed by atoms with van der Waals surface area (Å²) >= 11 is 0. The van der Waals surface area contributed by atoms with E-state index in [1.165, 1.54) is 24.3 Å². The summed E-state index contributed by atoms with van der Waals surface area (Å²) < 4.78 is 0. The molecule has 4 N–H and O–H groups in total. The molecule has 0 fully saturated rings. The molecule has 0 bridgehead atoms. The molecule has 38 heavy (non-hydrogen) atoms. The molecule has 2 aromatic carbocycles. The monoisotopic (exact) mass is 508 g/mol. The van der Waals surface area contributed by atoms with Crippen molar-refractivity contribution in [1.82, 2.24) is 0 Å². The lowest BCUT2D eigenvalue weighted by Gasteiger charge is -1.98. The van der Waals surface area contributed by atoms with Crippen molar-refractivity contribution in [3.8, 4) is 23.0 Å². The largest absolute Gasteiger partial charge is 0.504 e. The molecule has 0 aliphatic carbocycles. The van der Waals surface area contributed by atoms with E-state index in [-0.39, 0.29) is 23.0 Å². The number of allylic oxidation sites excluding steroid dienone is 16. The standard InChI is InChI=1S/C34H36O4/c1-25(11-7-13-27(3)15-17-29-19-21-31(35)33(37)23-29)9-5-6-10-26(2)12-8-14-28(4)16-18-30-20-22-32(36)34(38)24-30/h5-24,35-38H,1-4H3. The van der Waals surface area contributed by atoms with Gasteiger partial charge in [0, 0.05) is 0 Å². The molecule has 0 amide bonds. The topological polar surface area (TPSA) is 80.9 Å². The summed E-state index contributed by atoms with van der Waals surface area (Å²) in [7, 11) is 0. The Kier molecular flexibility index (Phi) is 12.0. The molecule has 0 radical (unpaired) electrons. The predicted molar refractivity (Wildman–Crippen MR) is 160 cm³/mol. The van der Waals surface area contributed by atoms with E-state index in [1.54, 1.807) is 12.1 Å². The Morgan fingerprint density at radius 2 is 0.789 bits per heavy atom. The van der Waals surface area contributed by atoms with Crippen LogP contribution in [-0.4, -0.2) is 20.4 Å². The fraction of sp³-hybridized carbons (Fsp3) is 0.118. The van der Waals surface area contributed by atoms with Gasteiger partial charge in [-0.1, -0.05) is 119 Å². The van der Waals surface area contributed by atoms with Crippen LogP contribution in [0.5, 0.6) is 23.0 Å². The Bertz CT molecular complexity index is 1270. The van der Waals surface area contributed by atoms with Crippen LogP contribution in [0.25, 0.3) is 12.2 Å². The molecule has 0 saturated heterocycles. The zero-order valence-electron chi connectivity index (χ0n) is 22.3. The average Bonchev–Trinajstić information content (AvgIpc) is 2.88. The summed E-state index contributed by atoms with van der Waals surface area (Å²) in [6.45, 7) is 8.07. The summed E-state index contributed by atoms with van der Waals surface area (Å²) in [5, 5.41) is 37.9. The van der Waals surface area contributed by atoms with Crippen molar-refractivity contribution in [2.24, 2.45) is 0 Å². The van der Waals surface area contributed by atoms with E-state index in [1.807, 2.05) is 113 Å². The van der Waals surface area contributed by atoms with E-state index < -0.39 is 0 Å². The molecule has 0 saturated carbocycles. The summed E-state index contributed by atoms with van der Waals surface area (Å²) in [5.41, 5.74) is 5.97. The van der Waals surface area contributed by atoms with Crippen molar-refractivity contribution in [2.75, 3.05) is 0 Å². The predicted octanol–water partition coefficient (Wildman–Crippen LogP) is 8.69. The minimum atomic E-state index is -0.130. The minimum absolute atomic E-state index is 0.126. The van der Waals surface area contributed by atoms with Crippen LogP contribution in [0.2, 0.25) is 0 Å². The molecular formula is C34H36O4. The highest BCUT2D eigenvalue weighted by atomic mass is 16.3. The highest BCUT2D eigenvalue weighted by Gasteiger charge is 1.98. The molecule has 0 aliphatic heterocycles. The Morgan fingerprint density at radius 1 is 0.447 bits per heavy atom. The van der Waals surface area contributed by atoms with Crippen molar-refractivity contribution >= 4 is 12.2 Å². The van der Waals surface area contributed by atoms with Crippen LogP contribution in [0.1, 0.15) is 38.8 Å². The van der Waals surface area contributed by atoms with E-state index in [4.69, 9.17) is 0 Å².